The second-order valence-corrected chi connectivity index (χ2v) is 3.06. The van der Waals surface area contributed by atoms with Crippen LogP contribution < -0.4 is 11.3 Å². The molecule has 1 heterocycles. The maximum Gasteiger partial charge on any atom is 0.268 e. The molecule has 0 amide bonds. The van der Waals surface area contributed by atoms with E-state index in [4.69, 9.17) is 5.73 Å². The smallest absolute Gasteiger partial charge is 0.268 e. The Kier molecular flexibility index (Phi) is 2.51. The Balaban J connectivity index is 3.12. The molecule has 0 radical (unpaired) electrons. The minimum Gasteiger partial charge on any atom is -0.330 e. The van der Waals surface area contributed by atoms with Crippen LogP contribution in [0.25, 0.3) is 0 Å². The van der Waals surface area contributed by atoms with Gasteiger partial charge in [-0.2, -0.15) is 0 Å². The van der Waals surface area contributed by atoms with Crippen LogP contribution in [0.15, 0.2) is 9.40 Å². The summed E-state index contributed by atoms with van der Waals surface area (Å²) in [6.45, 7) is 0.492. The minimum absolute atomic E-state index is 0.0650. The van der Waals surface area contributed by atoms with E-state index in [1.165, 1.54) is 0 Å². The molecule has 1 aromatic rings. The zero-order chi connectivity index (χ0) is 8.43. The summed E-state index contributed by atoms with van der Waals surface area (Å²) in [6, 6.07) is 0. The molecule has 0 atom stereocenters. The summed E-state index contributed by atoms with van der Waals surface area (Å²) < 4.78 is 2.42. The Morgan fingerprint density at radius 3 is 2.73 bits per heavy atom. The van der Waals surface area contributed by atoms with Gasteiger partial charge in [-0.1, -0.05) is 0 Å². The van der Waals surface area contributed by atoms with Crippen LogP contribution in [0.2, 0.25) is 0 Å². The minimum atomic E-state index is -0.0650. The summed E-state index contributed by atoms with van der Waals surface area (Å²) in [4.78, 5) is 11.1. The third-order valence-electron chi connectivity index (χ3n) is 1.48. The highest BCUT2D eigenvalue weighted by Crippen LogP contribution is 2.10. The van der Waals surface area contributed by atoms with Crippen LogP contribution in [0.3, 0.4) is 0 Å². The predicted octanol–water partition coefficient (Wildman–Crippen LogP) is -0.0229. The Labute approximate surface area is 72.5 Å². The first-order valence-electron chi connectivity index (χ1n) is 3.30. The summed E-state index contributed by atoms with van der Waals surface area (Å²) >= 11 is 3.28. The van der Waals surface area contributed by atoms with E-state index in [1.54, 1.807) is 11.7 Å². The van der Waals surface area contributed by atoms with Crippen LogP contribution in [0.5, 0.6) is 0 Å². The normalized spacial score (nSPS) is 10.5. The number of H-pyrrole nitrogens is 1. The van der Waals surface area contributed by atoms with E-state index < -0.39 is 0 Å². The van der Waals surface area contributed by atoms with Crippen LogP contribution in [0, 0.1) is 0 Å². The first kappa shape index (κ1) is 8.55. The van der Waals surface area contributed by atoms with Gasteiger partial charge in [0.15, 0.2) is 0 Å². The molecule has 0 spiro atoms. The van der Waals surface area contributed by atoms with E-state index in [2.05, 4.69) is 21.0 Å². The average molecular weight is 220 g/mol. The van der Waals surface area contributed by atoms with E-state index in [1.807, 2.05) is 0 Å². The van der Waals surface area contributed by atoms with Gasteiger partial charge in [-0.3, -0.25) is 14.6 Å². The topological polar surface area (TPSA) is 63.8 Å². The summed E-state index contributed by atoms with van der Waals surface area (Å²) in [5.41, 5.74) is 5.98. The SMILES string of the molecule is Cn1[nH]c(=O)c(CCN)c1Br. The van der Waals surface area contributed by atoms with Gasteiger partial charge in [0.2, 0.25) is 0 Å². The van der Waals surface area contributed by atoms with E-state index >= 15 is 0 Å². The highest BCUT2D eigenvalue weighted by molar-refractivity contribution is 9.10. The van der Waals surface area contributed by atoms with Crippen molar-refractivity contribution >= 4 is 15.9 Å². The molecule has 1 aromatic heterocycles. The van der Waals surface area contributed by atoms with Crippen molar-refractivity contribution in [2.24, 2.45) is 12.8 Å². The van der Waals surface area contributed by atoms with E-state index in [-0.39, 0.29) is 5.56 Å². The second kappa shape index (κ2) is 3.23. The molecule has 4 nitrogen and oxygen atoms in total. The summed E-state index contributed by atoms with van der Waals surface area (Å²) in [6.07, 6.45) is 0.608. The molecule has 0 bridgehead atoms. The van der Waals surface area contributed by atoms with Gasteiger partial charge in [0, 0.05) is 7.05 Å². The van der Waals surface area contributed by atoms with E-state index in [9.17, 15) is 4.79 Å². The fourth-order valence-corrected chi connectivity index (χ4v) is 1.39. The summed E-state index contributed by atoms with van der Waals surface area (Å²) in [5.74, 6) is 0. The number of aromatic nitrogens is 2. The number of halogens is 1. The van der Waals surface area contributed by atoms with Crippen molar-refractivity contribution in [1.82, 2.24) is 9.78 Å². The third-order valence-corrected chi connectivity index (χ3v) is 2.49. The number of aryl methyl sites for hydroxylation is 1. The monoisotopic (exact) mass is 219 g/mol. The summed E-state index contributed by atoms with van der Waals surface area (Å²) in [7, 11) is 1.77. The Morgan fingerprint density at radius 1 is 1.73 bits per heavy atom. The zero-order valence-electron chi connectivity index (χ0n) is 6.22. The first-order valence-corrected chi connectivity index (χ1v) is 4.09. The number of nitrogens with two attached hydrogens (primary N) is 1. The van der Waals surface area contributed by atoms with Crippen molar-refractivity contribution in [3.63, 3.8) is 0 Å². The van der Waals surface area contributed by atoms with Gasteiger partial charge in [-0.25, -0.2) is 0 Å². The van der Waals surface area contributed by atoms with Crippen molar-refractivity contribution in [1.29, 1.82) is 0 Å². The lowest BCUT2D eigenvalue weighted by Crippen LogP contribution is -2.11. The largest absolute Gasteiger partial charge is 0.330 e. The van der Waals surface area contributed by atoms with Crippen molar-refractivity contribution < 1.29 is 0 Å². The molecule has 1 rings (SSSR count). The number of aromatic amines is 1. The molecular weight excluding hydrogens is 210 g/mol. The van der Waals surface area contributed by atoms with Crippen LogP contribution in [-0.4, -0.2) is 16.3 Å². The standard InChI is InChI=1S/C6H10BrN3O/c1-10-5(7)4(2-3-8)6(11)9-10/h2-3,8H2,1H3,(H,9,11). The molecule has 62 valence electrons. The molecule has 0 aromatic carbocycles. The molecule has 5 heteroatoms. The highest BCUT2D eigenvalue weighted by Gasteiger charge is 2.07. The molecule has 0 aliphatic heterocycles. The maximum absolute atomic E-state index is 11.1. The Bertz CT molecular complexity index is 301. The third kappa shape index (κ3) is 1.54. The zero-order valence-corrected chi connectivity index (χ0v) is 7.81. The molecule has 0 saturated heterocycles. The van der Waals surface area contributed by atoms with Gasteiger partial charge < -0.3 is 5.73 Å². The maximum atomic E-state index is 11.1. The van der Waals surface area contributed by atoms with Gasteiger partial charge in [0.25, 0.3) is 5.56 Å². The number of rotatable bonds is 2. The molecular formula is C6H10BrN3O. The van der Waals surface area contributed by atoms with Crippen molar-refractivity contribution in [3.05, 3.63) is 20.5 Å². The van der Waals surface area contributed by atoms with Gasteiger partial charge in [0.05, 0.1) is 5.56 Å². The van der Waals surface area contributed by atoms with Crippen molar-refractivity contribution in [2.45, 2.75) is 6.42 Å². The molecule has 0 saturated carbocycles. The van der Waals surface area contributed by atoms with E-state index in [0.717, 1.165) is 10.2 Å². The van der Waals surface area contributed by atoms with E-state index in [0.29, 0.717) is 13.0 Å². The highest BCUT2D eigenvalue weighted by atomic mass is 79.9. The predicted molar refractivity (Wildman–Crippen MR) is 46.5 cm³/mol. The quantitative estimate of drug-likeness (QED) is 0.735. The lowest BCUT2D eigenvalue weighted by atomic mass is 10.2. The van der Waals surface area contributed by atoms with Gasteiger partial charge in [-0.05, 0) is 28.9 Å². The second-order valence-electron chi connectivity index (χ2n) is 2.31. The molecule has 0 aliphatic carbocycles. The molecule has 0 unspecified atom stereocenters. The van der Waals surface area contributed by atoms with Crippen LogP contribution in [0.1, 0.15) is 5.56 Å². The van der Waals surface area contributed by atoms with Crippen LogP contribution in [-0.2, 0) is 13.5 Å². The molecule has 11 heavy (non-hydrogen) atoms. The fraction of sp³-hybridized carbons (Fsp3) is 0.500. The lowest BCUT2D eigenvalue weighted by Gasteiger charge is -1.93. The van der Waals surface area contributed by atoms with Gasteiger partial charge in [-0.15, -0.1) is 0 Å². The molecule has 0 aliphatic rings. The van der Waals surface area contributed by atoms with Crippen molar-refractivity contribution in [2.75, 3.05) is 6.54 Å². The number of hydrogen-bond acceptors (Lipinski definition) is 2. The van der Waals surface area contributed by atoms with Gasteiger partial charge >= 0.3 is 0 Å². The number of hydrogen-bond donors (Lipinski definition) is 2. The average Bonchev–Trinajstić information content (AvgIpc) is 2.17. The van der Waals surface area contributed by atoms with Crippen LogP contribution in [0.4, 0.5) is 0 Å². The first-order chi connectivity index (χ1) is 5.16. The lowest BCUT2D eigenvalue weighted by molar-refractivity contribution is 0.739. The van der Waals surface area contributed by atoms with Gasteiger partial charge in [0.1, 0.15) is 4.60 Å². The Hall–Kier alpha value is -0.550. The van der Waals surface area contributed by atoms with Crippen molar-refractivity contribution in [3.8, 4) is 0 Å². The fourth-order valence-electron chi connectivity index (χ4n) is 0.926. The Morgan fingerprint density at radius 2 is 2.36 bits per heavy atom. The number of nitrogens with one attached hydrogen (secondary N) is 1. The summed E-state index contributed by atoms with van der Waals surface area (Å²) in [5, 5.41) is 2.62. The van der Waals surface area contributed by atoms with Crippen LogP contribution >= 0.6 is 15.9 Å². The number of nitrogens with zero attached hydrogens (tertiary/aromatic N) is 1. The molecule has 3 N–H and O–H groups in total. The molecule has 0 fully saturated rings.